The SMILES string of the molecule is CC[C@@H](C)N(C(=O)COc1cc([N+](=O)[O-])ccc1OC)[C@H]1CCS(=O)(=O)C1. The monoisotopic (exact) mass is 400 g/mol. The lowest BCUT2D eigenvalue weighted by Crippen LogP contribution is -2.48. The fourth-order valence-corrected chi connectivity index (χ4v) is 4.82. The summed E-state index contributed by atoms with van der Waals surface area (Å²) < 4.78 is 34.2. The number of ether oxygens (including phenoxy) is 2. The molecule has 0 aliphatic carbocycles. The lowest BCUT2D eigenvalue weighted by atomic mass is 10.1. The van der Waals surface area contributed by atoms with Gasteiger partial charge < -0.3 is 14.4 Å². The number of benzene rings is 1. The van der Waals surface area contributed by atoms with E-state index in [1.807, 2.05) is 13.8 Å². The predicted molar refractivity (Wildman–Crippen MR) is 98.8 cm³/mol. The Labute approximate surface area is 158 Å². The summed E-state index contributed by atoms with van der Waals surface area (Å²) in [7, 11) is -1.74. The first-order chi connectivity index (χ1) is 12.7. The van der Waals surface area contributed by atoms with Gasteiger partial charge in [-0.2, -0.15) is 0 Å². The van der Waals surface area contributed by atoms with Gasteiger partial charge in [0, 0.05) is 18.2 Å². The first-order valence-electron chi connectivity index (χ1n) is 8.65. The molecule has 9 nitrogen and oxygen atoms in total. The maximum atomic E-state index is 12.8. The van der Waals surface area contributed by atoms with Crippen LogP contribution in [0.15, 0.2) is 18.2 Å². The minimum Gasteiger partial charge on any atom is -0.493 e. The van der Waals surface area contributed by atoms with Crippen LogP contribution in [0.4, 0.5) is 5.69 Å². The molecule has 0 bridgehead atoms. The Morgan fingerprint density at radius 3 is 2.63 bits per heavy atom. The number of nitro groups is 1. The maximum Gasteiger partial charge on any atom is 0.273 e. The van der Waals surface area contributed by atoms with Crippen molar-refractivity contribution in [2.45, 2.75) is 38.8 Å². The Balaban J connectivity index is 2.16. The number of hydrogen-bond donors (Lipinski definition) is 0. The van der Waals surface area contributed by atoms with Crippen molar-refractivity contribution in [3.63, 3.8) is 0 Å². The molecule has 150 valence electrons. The number of carbonyl (C=O) groups excluding carboxylic acids is 1. The Hall–Kier alpha value is -2.36. The first kappa shape index (κ1) is 20.9. The molecular formula is C17H24N2O7S. The second-order valence-corrected chi connectivity index (χ2v) is 8.72. The fraction of sp³-hybridized carbons (Fsp3) is 0.588. The molecule has 1 saturated heterocycles. The van der Waals surface area contributed by atoms with Gasteiger partial charge in [0.05, 0.1) is 29.6 Å². The van der Waals surface area contributed by atoms with Crippen molar-refractivity contribution in [3.05, 3.63) is 28.3 Å². The zero-order valence-electron chi connectivity index (χ0n) is 15.6. The number of carbonyl (C=O) groups is 1. The number of nitrogens with zero attached hydrogens (tertiary/aromatic N) is 2. The van der Waals surface area contributed by atoms with Crippen molar-refractivity contribution in [2.24, 2.45) is 0 Å². The summed E-state index contributed by atoms with van der Waals surface area (Å²) in [5.41, 5.74) is -0.182. The minimum atomic E-state index is -3.14. The Kier molecular flexibility index (Phi) is 6.63. The van der Waals surface area contributed by atoms with Crippen molar-refractivity contribution in [2.75, 3.05) is 25.2 Å². The van der Waals surface area contributed by atoms with Crippen molar-refractivity contribution < 1.29 is 27.6 Å². The maximum absolute atomic E-state index is 12.8. The van der Waals surface area contributed by atoms with Crippen LogP contribution in [-0.2, 0) is 14.6 Å². The average molecular weight is 400 g/mol. The minimum absolute atomic E-state index is 0.0524. The second kappa shape index (κ2) is 8.55. The average Bonchev–Trinajstić information content (AvgIpc) is 2.98. The molecule has 1 heterocycles. The van der Waals surface area contributed by atoms with Gasteiger partial charge in [-0.1, -0.05) is 6.92 Å². The number of hydrogen-bond acceptors (Lipinski definition) is 7. The number of rotatable bonds is 8. The van der Waals surface area contributed by atoms with Crippen LogP contribution in [0.5, 0.6) is 11.5 Å². The van der Waals surface area contributed by atoms with E-state index in [0.717, 1.165) is 0 Å². The van der Waals surface area contributed by atoms with Gasteiger partial charge >= 0.3 is 0 Å². The molecule has 0 spiro atoms. The van der Waals surface area contributed by atoms with E-state index in [2.05, 4.69) is 0 Å². The highest BCUT2D eigenvalue weighted by atomic mass is 32.2. The van der Waals surface area contributed by atoms with Crippen LogP contribution in [0.1, 0.15) is 26.7 Å². The molecule has 1 fully saturated rings. The zero-order chi connectivity index (χ0) is 20.2. The van der Waals surface area contributed by atoms with Gasteiger partial charge in [-0.05, 0) is 25.8 Å². The van der Waals surface area contributed by atoms with Crippen LogP contribution in [0.2, 0.25) is 0 Å². The summed E-state index contributed by atoms with van der Waals surface area (Å²) in [6.07, 6.45) is 1.07. The molecule has 0 radical (unpaired) electrons. The summed E-state index contributed by atoms with van der Waals surface area (Å²) in [6.45, 7) is 3.41. The highest BCUT2D eigenvalue weighted by molar-refractivity contribution is 7.91. The summed E-state index contributed by atoms with van der Waals surface area (Å²) in [4.78, 5) is 24.7. The summed E-state index contributed by atoms with van der Waals surface area (Å²) in [5.74, 6) is 0.0100. The third-order valence-electron chi connectivity index (χ3n) is 4.66. The highest BCUT2D eigenvalue weighted by Gasteiger charge is 2.36. The Bertz CT molecular complexity index is 809. The molecule has 0 unspecified atom stereocenters. The standard InChI is InChI=1S/C17H24N2O7S/c1-4-12(2)18(14-7-8-27(23,24)11-14)17(20)10-26-16-9-13(19(21)22)5-6-15(16)25-3/h5-6,9,12,14H,4,7-8,10-11H2,1-3H3/t12-,14+/m1/s1. The smallest absolute Gasteiger partial charge is 0.273 e. The summed E-state index contributed by atoms with van der Waals surface area (Å²) >= 11 is 0. The van der Waals surface area contributed by atoms with Crippen LogP contribution in [0.25, 0.3) is 0 Å². The van der Waals surface area contributed by atoms with Gasteiger partial charge in [0.25, 0.3) is 11.6 Å². The van der Waals surface area contributed by atoms with Gasteiger partial charge in [0.2, 0.25) is 0 Å². The van der Waals surface area contributed by atoms with Gasteiger partial charge in [-0.3, -0.25) is 14.9 Å². The van der Waals surface area contributed by atoms with E-state index in [9.17, 15) is 23.3 Å². The third-order valence-corrected chi connectivity index (χ3v) is 6.41. The fourth-order valence-electron chi connectivity index (χ4n) is 3.11. The topological polar surface area (TPSA) is 116 Å². The van der Waals surface area contributed by atoms with Crippen molar-refractivity contribution in [1.82, 2.24) is 4.90 Å². The lowest BCUT2D eigenvalue weighted by Gasteiger charge is -2.33. The molecule has 2 rings (SSSR count). The largest absolute Gasteiger partial charge is 0.493 e. The van der Waals surface area contributed by atoms with Gasteiger partial charge in [0.1, 0.15) is 0 Å². The molecule has 27 heavy (non-hydrogen) atoms. The van der Waals surface area contributed by atoms with Crippen molar-refractivity contribution in [1.29, 1.82) is 0 Å². The first-order valence-corrected chi connectivity index (χ1v) is 10.5. The normalized spacial score (nSPS) is 19.3. The number of methoxy groups -OCH3 is 1. The van der Waals surface area contributed by atoms with Crippen molar-refractivity contribution >= 4 is 21.4 Å². The highest BCUT2D eigenvalue weighted by Crippen LogP contribution is 2.31. The molecule has 10 heteroatoms. The zero-order valence-corrected chi connectivity index (χ0v) is 16.4. The number of nitro benzene ring substituents is 1. The van der Waals surface area contributed by atoms with Crippen LogP contribution in [-0.4, -0.2) is 61.5 Å². The van der Waals surface area contributed by atoms with Gasteiger partial charge in [-0.15, -0.1) is 0 Å². The molecule has 1 amide bonds. The molecule has 1 aromatic rings. The molecular weight excluding hydrogens is 376 g/mol. The number of non-ortho nitro benzene ring substituents is 1. The van der Waals surface area contributed by atoms with E-state index in [-0.39, 0.29) is 53.3 Å². The van der Waals surface area contributed by atoms with E-state index in [1.165, 1.54) is 25.3 Å². The molecule has 1 aromatic carbocycles. The van der Waals surface area contributed by atoms with Gasteiger partial charge in [0.15, 0.2) is 27.9 Å². The Morgan fingerprint density at radius 2 is 2.11 bits per heavy atom. The third kappa shape index (κ3) is 5.09. The molecule has 0 N–H and O–H groups in total. The van der Waals surface area contributed by atoms with E-state index in [4.69, 9.17) is 9.47 Å². The van der Waals surface area contributed by atoms with Crippen LogP contribution in [0, 0.1) is 10.1 Å². The van der Waals surface area contributed by atoms with Crippen molar-refractivity contribution in [3.8, 4) is 11.5 Å². The predicted octanol–water partition coefficient (Wildman–Crippen LogP) is 1.80. The van der Waals surface area contributed by atoms with E-state index >= 15 is 0 Å². The summed E-state index contributed by atoms with van der Waals surface area (Å²) in [5, 5.41) is 10.9. The van der Waals surface area contributed by atoms with Crippen LogP contribution < -0.4 is 9.47 Å². The van der Waals surface area contributed by atoms with E-state index in [1.54, 1.807) is 4.90 Å². The Morgan fingerprint density at radius 1 is 1.41 bits per heavy atom. The summed E-state index contributed by atoms with van der Waals surface area (Å²) in [6, 6.07) is 3.34. The van der Waals surface area contributed by atoms with E-state index in [0.29, 0.717) is 12.8 Å². The molecule has 1 aliphatic rings. The number of amides is 1. The molecule has 1 aliphatic heterocycles. The second-order valence-electron chi connectivity index (χ2n) is 6.50. The number of sulfone groups is 1. The van der Waals surface area contributed by atoms with Crippen LogP contribution in [0.3, 0.4) is 0 Å². The lowest BCUT2D eigenvalue weighted by molar-refractivity contribution is -0.385. The van der Waals surface area contributed by atoms with Gasteiger partial charge in [-0.25, -0.2) is 8.42 Å². The quantitative estimate of drug-likeness (QED) is 0.482. The molecule has 0 saturated carbocycles. The molecule has 2 atom stereocenters. The van der Waals surface area contributed by atoms with E-state index < -0.39 is 14.8 Å². The molecule has 0 aromatic heterocycles. The van der Waals surface area contributed by atoms with Crippen LogP contribution >= 0.6 is 0 Å².